The average Bonchev–Trinajstić information content (AvgIpc) is 3.67. The molecule has 0 saturated carbocycles. The Kier molecular flexibility index (Phi) is 8.53. The van der Waals surface area contributed by atoms with Gasteiger partial charge in [0.05, 0.1) is 5.41 Å². The van der Waals surface area contributed by atoms with Crippen LogP contribution in [0, 0.1) is 0 Å². The highest BCUT2D eigenvalue weighted by Gasteiger charge is 2.46. The third-order valence-electron chi connectivity index (χ3n) is 12.7. The molecule has 0 amide bonds. The van der Waals surface area contributed by atoms with Crippen molar-refractivity contribution in [3.63, 3.8) is 0 Å². The molecule has 1 atom stereocenters. The van der Waals surface area contributed by atoms with Crippen molar-refractivity contribution >= 4 is 15.9 Å². The highest BCUT2D eigenvalue weighted by atomic mass is 79.9. The second-order valence-electron chi connectivity index (χ2n) is 16.1. The number of halogens is 1. The second-order valence-corrected chi connectivity index (χ2v) is 17.0. The van der Waals surface area contributed by atoms with Gasteiger partial charge in [-0.25, -0.2) is 0 Å². The van der Waals surface area contributed by atoms with Crippen molar-refractivity contribution in [1.29, 1.82) is 0 Å². The molecule has 10 rings (SSSR count). The lowest BCUT2D eigenvalue weighted by Gasteiger charge is -2.34. The Balaban J connectivity index is 1.10. The van der Waals surface area contributed by atoms with Crippen LogP contribution in [-0.2, 0) is 17.3 Å². The SMILES string of the molecule is CC1(C)c2cc(Br)ccc2-c2ccc(CCC(c3ccc(-c4ccccc4)cc3)c3ccc4c(c3)C(c3ccccc3)(c3ccccc3)c3ccccc3-4)cc21. The summed E-state index contributed by atoms with van der Waals surface area (Å²) in [5.41, 5.74) is 19.6. The minimum atomic E-state index is -0.429. The minimum Gasteiger partial charge on any atom is -0.0622 e. The van der Waals surface area contributed by atoms with Crippen LogP contribution < -0.4 is 0 Å². The van der Waals surface area contributed by atoms with Crippen LogP contribution >= 0.6 is 15.9 Å². The van der Waals surface area contributed by atoms with E-state index in [1.165, 1.54) is 83.5 Å². The maximum atomic E-state index is 3.74. The van der Waals surface area contributed by atoms with E-state index < -0.39 is 5.41 Å². The zero-order valence-corrected chi connectivity index (χ0v) is 33.4. The van der Waals surface area contributed by atoms with Gasteiger partial charge in [-0.2, -0.15) is 0 Å². The summed E-state index contributed by atoms with van der Waals surface area (Å²) in [5.74, 6) is 0.201. The molecular formula is C55H43Br. The van der Waals surface area contributed by atoms with Crippen LogP contribution in [0.25, 0.3) is 33.4 Å². The van der Waals surface area contributed by atoms with Crippen LogP contribution in [-0.4, -0.2) is 0 Å². The van der Waals surface area contributed by atoms with Crippen molar-refractivity contribution < 1.29 is 0 Å². The highest BCUT2D eigenvalue weighted by Crippen LogP contribution is 2.57. The molecule has 0 N–H and O–H groups in total. The molecule has 0 nitrogen and oxygen atoms in total. The van der Waals surface area contributed by atoms with Gasteiger partial charge < -0.3 is 0 Å². The summed E-state index contributed by atoms with van der Waals surface area (Å²) < 4.78 is 1.14. The maximum absolute atomic E-state index is 3.74. The first-order valence-electron chi connectivity index (χ1n) is 19.9. The predicted octanol–water partition coefficient (Wildman–Crippen LogP) is 14.6. The molecule has 8 aromatic carbocycles. The van der Waals surface area contributed by atoms with Crippen molar-refractivity contribution in [3.8, 4) is 33.4 Å². The Morgan fingerprint density at radius 1 is 0.429 bits per heavy atom. The molecule has 2 aliphatic carbocycles. The van der Waals surface area contributed by atoms with Crippen LogP contribution in [0.2, 0.25) is 0 Å². The van der Waals surface area contributed by atoms with Gasteiger partial charge in [-0.3, -0.25) is 0 Å². The lowest BCUT2D eigenvalue weighted by atomic mass is 9.67. The first-order valence-corrected chi connectivity index (χ1v) is 20.7. The molecule has 270 valence electrons. The maximum Gasteiger partial charge on any atom is 0.0713 e. The largest absolute Gasteiger partial charge is 0.0713 e. The van der Waals surface area contributed by atoms with Gasteiger partial charge in [0, 0.05) is 15.8 Å². The molecular weight excluding hydrogens is 741 g/mol. The van der Waals surface area contributed by atoms with Crippen molar-refractivity contribution in [2.75, 3.05) is 0 Å². The van der Waals surface area contributed by atoms with E-state index in [1.54, 1.807) is 0 Å². The normalized spacial score (nSPS) is 14.7. The number of benzene rings is 8. The van der Waals surface area contributed by atoms with E-state index in [0.717, 1.165) is 17.3 Å². The summed E-state index contributed by atoms with van der Waals surface area (Å²) in [7, 11) is 0. The zero-order valence-electron chi connectivity index (χ0n) is 31.8. The van der Waals surface area contributed by atoms with Gasteiger partial charge in [-0.15, -0.1) is 0 Å². The van der Waals surface area contributed by atoms with Crippen LogP contribution in [0.4, 0.5) is 0 Å². The van der Waals surface area contributed by atoms with E-state index in [-0.39, 0.29) is 11.3 Å². The third-order valence-corrected chi connectivity index (χ3v) is 13.2. The Bertz CT molecular complexity index is 2670. The smallest absolute Gasteiger partial charge is 0.0622 e. The van der Waals surface area contributed by atoms with E-state index >= 15 is 0 Å². The van der Waals surface area contributed by atoms with Gasteiger partial charge in [0.15, 0.2) is 0 Å². The Morgan fingerprint density at radius 2 is 0.946 bits per heavy atom. The van der Waals surface area contributed by atoms with Gasteiger partial charge >= 0.3 is 0 Å². The number of hydrogen-bond acceptors (Lipinski definition) is 0. The van der Waals surface area contributed by atoms with Gasteiger partial charge in [-0.05, 0) is 108 Å². The van der Waals surface area contributed by atoms with Gasteiger partial charge in [0.1, 0.15) is 0 Å². The van der Waals surface area contributed by atoms with Crippen molar-refractivity contribution in [3.05, 3.63) is 249 Å². The van der Waals surface area contributed by atoms with Gasteiger partial charge in [0.2, 0.25) is 0 Å². The van der Waals surface area contributed by atoms with Crippen molar-refractivity contribution in [1.82, 2.24) is 0 Å². The molecule has 8 aromatic rings. The summed E-state index contributed by atoms with van der Waals surface area (Å²) in [6.07, 6.45) is 1.98. The lowest BCUT2D eigenvalue weighted by Crippen LogP contribution is -2.28. The fourth-order valence-corrected chi connectivity index (χ4v) is 10.3. The Morgan fingerprint density at radius 3 is 1.64 bits per heavy atom. The van der Waals surface area contributed by atoms with E-state index in [2.05, 4.69) is 224 Å². The van der Waals surface area contributed by atoms with Crippen LogP contribution in [0.15, 0.2) is 199 Å². The second kappa shape index (κ2) is 13.8. The average molecular weight is 784 g/mol. The van der Waals surface area contributed by atoms with E-state index in [0.29, 0.717) is 0 Å². The van der Waals surface area contributed by atoms with Crippen LogP contribution in [0.1, 0.15) is 76.3 Å². The van der Waals surface area contributed by atoms with Crippen LogP contribution in [0.3, 0.4) is 0 Å². The van der Waals surface area contributed by atoms with E-state index in [9.17, 15) is 0 Å². The topological polar surface area (TPSA) is 0 Å². The number of rotatable bonds is 8. The number of aryl methyl sites for hydroxylation is 1. The third kappa shape index (κ3) is 5.55. The fraction of sp³-hybridized carbons (Fsp3) is 0.127. The molecule has 0 aliphatic heterocycles. The summed E-state index contributed by atoms with van der Waals surface area (Å²) in [6.45, 7) is 4.75. The lowest BCUT2D eigenvalue weighted by molar-refractivity contribution is 0.656. The Labute approximate surface area is 339 Å². The monoisotopic (exact) mass is 782 g/mol. The molecule has 1 unspecified atom stereocenters. The quantitative estimate of drug-likeness (QED) is 0.144. The van der Waals surface area contributed by atoms with Gasteiger partial charge in [0.25, 0.3) is 0 Å². The molecule has 0 spiro atoms. The molecule has 0 saturated heterocycles. The molecule has 2 aliphatic rings. The predicted molar refractivity (Wildman–Crippen MR) is 237 cm³/mol. The molecule has 0 heterocycles. The fourth-order valence-electron chi connectivity index (χ4n) is 9.97. The van der Waals surface area contributed by atoms with E-state index in [1.807, 2.05) is 0 Å². The summed E-state index contributed by atoms with van der Waals surface area (Å²) in [4.78, 5) is 0. The van der Waals surface area contributed by atoms with Crippen molar-refractivity contribution in [2.24, 2.45) is 0 Å². The summed E-state index contributed by atoms with van der Waals surface area (Å²) >= 11 is 3.74. The molecule has 0 aromatic heterocycles. The summed E-state index contributed by atoms with van der Waals surface area (Å²) in [5, 5.41) is 0. The van der Waals surface area contributed by atoms with E-state index in [4.69, 9.17) is 0 Å². The van der Waals surface area contributed by atoms with Crippen molar-refractivity contribution in [2.45, 2.75) is 43.4 Å². The molecule has 0 fully saturated rings. The molecule has 1 heteroatoms. The molecule has 0 bridgehead atoms. The van der Waals surface area contributed by atoms with Crippen LogP contribution in [0.5, 0.6) is 0 Å². The Hall–Kier alpha value is -5.76. The highest BCUT2D eigenvalue weighted by molar-refractivity contribution is 9.10. The number of fused-ring (bicyclic) bond motifs is 6. The summed E-state index contributed by atoms with van der Waals surface area (Å²) in [6, 6.07) is 72.8. The number of hydrogen-bond donors (Lipinski definition) is 0. The first kappa shape index (κ1) is 34.7. The molecule has 56 heavy (non-hydrogen) atoms. The standard InChI is InChI=1S/C55H43Br/c1-54(2)51-34-37(23-31-47(51)48-33-29-44(56)36-52(48)54)22-30-45(40-26-24-39(25-27-40)38-14-6-3-7-15-38)41-28-32-49-46-20-12-13-21-50(46)55(53(49)35-41,42-16-8-4-9-17-42)43-18-10-5-11-19-43/h3-21,23-29,31-36,45H,22,30H2,1-2H3. The first-order chi connectivity index (χ1) is 27.4. The zero-order chi connectivity index (χ0) is 37.9. The minimum absolute atomic E-state index is 0.0513. The van der Waals surface area contributed by atoms with Gasteiger partial charge in [-0.1, -0.05) is 212 Å². The molecule has 0 radical (unpaired) electrons.